The average molecular weight is 305 g/mol. The maximum atomic E-state index is 10.7. The molecule has 0 amide bonds. The largest absolute Gasteiger partial charge is 0.392 e. The normalized spacial score (nSPS) is 15.9. The van der Waals surface area contributed by atoms with Crippen molar-refractivity contribution in [1.82, 2.24) is 0 Å². The minimum Gasteiger partial charge on any atom is -0.392 e. The molecule has 1 aromatic rings. The lowest BCUT2D eigenvalue weighted by Gasteiger charge is -2.21. The van der Waals surface area contributed by atoms with Crippen molar-refractivity contribution in [2.24, 2.45) is 11.5 Å². The summed E-state index contributed by atoms with van der Waals surface area (Å²) in [7, 11) is 0. The number of nitrogens with zero attached hydrogens (tertiary/aromatic N) is 3. The maximum Gasteiger partial charge on any atom is 0.324 e. The second-order valence-corrected chi connectivity index (χ2v) is 5.93. The van der Waals surface area contributed by atoms with E-state index in [1.165, 1.54) is 12.1 Å². The predicted molar refractivity (Wildman–Crippen MR) is 75.0 cm³/mol. The summed E-state index contributed by atoms with van der Waals surface area (Å²) in [5.74, 6) is -0.732. The van der Waals surface area contributed by atoms with E-state index >= 15 is 0 Å². The summed E-state index contributed by atoms with van der Waals surface area (Å²) in [6.07, 6.45) is 0. The summed E-state index contributed by atoms with van der Waals surface area (Å²) in [5.41, 5.74) is 11.9. The van der Waals surface area contributed by atoms with E-state index in [1.54, 1.807) is 0 Å². The number of thiophene rings is 1. The van der Waals surface area contributed by atoms with Crippen molar-refractivity contribution < 1.29 is 4.92 Å². The highest BCUT2D eigenvalue weighted by molar-refractivity contribution is 8.06. The van der Waals surface area contributed by atoms with Crippen LogP contribution >= 0.6 is 23.1 Å². The zero-order valence-corrected chi connectivity index (χ0v) is 11.5. The molecule has 2 heterocycles. The van der Waals surface area contributed by atoms with Gasteiger partial charge in [0.2, 0.25) is 0 Å². The van der Waals surface area contributed by atoms with Crippen molar-refractivity contribution in [3.8, 4) is 12.1 Å². The van der Waals surface area contributed by atoms with Crippen LogP contribution < -0.4 is 11.5 Å². The topological polar surface area (TPSA) is 143 Å². The van der Waals surface area contributed by atoms with E-state index in [-0.39, 0.29) is 26.2 Å². The first-order chi connectivity index (χ1) is 9.49. The van der Waals surface area contributed by atoms with Crippen molar-refractivity contribution in [1.29, 1.82) is 10.5 Å². The van der Waals surface area contributed by atoms with Crippen molar-refractivity contribution in [2.45, 2.75) is 5.92 Å². The Hall–Kier alpha value is -2.49. The fraction of sp³-hybridized carbons (Fsp3) is 0.0909. The van der Waals surface area contributed by atoms with Crippen molar-refractivity contribution in [2.75, 3.05) is 0 Å². The minimum atomic E-state index is -0.732. The molecule has 0 aromatic carbocycles. The van der Waals surface area contributed by atoms with E-state index < -0.39 is 10.8 Å². The van der Waals surface area contributed by atoms with Gasteiger partial charge in [-0.25, -0.2) is 0 Å². The molecule has 100 valence electrons. The summed E-state index contributed by atoms with van der Waals surface area (Å²) < 4.78 is 0. The molecule has 1 aliphatic rings. The van der Waals surface area contributed by atoms with Crippen LogP contribution in [0.1, 0.15) is 10.8 Å². The summed E-state index contributed by atoms with van der Waals surface area (Å²) in [6.45, 7) is 0. The van der Waals surface area contributed by atoms with Crippen LogP contribution in [0.2, 0.25) is 0 Å². The van der Waals surface area contributed by atoms with Gasteiger partial charge in [0, 0.05) is 10.9 Å². The van der Waals surface area contributed by atoms with Crippen LogP contribution in [0.4, 0.5) is 5.00 Å². The molecule has 9 heteroatoms. The fourth-order valence-corrected chi connectivity index (χ4v) is 3.50. The number of nitrogens with two attached hydrogens (primary N) is 2. The second kappa shape index (κ2) is 5.25. The lowest BCUT2D eigenvalue weighted by Crippen LogP contribution is -2.17. The van der Waals surface area contributed by atoms with E-state index in [0.717, 1.165) is 23.1 Å². The van der Waals surface area contributed by atoms with Crippen LogP contribution in [0.5, 0.6) is 0 Å². The van der Waals surface area contributed by atoms with Crippen LogP contribution in [0.3, 0.4) is 0 Å². The molecule has 0 saturated heterocycles. The third-order valence-electron chi connectivity index (χ3n) is 2.65. The Morgan fingerprint density at radius 1 is 1.20 bits per heavy atom. The van der Waals surface area contributed by atoms with Crippen LogP contribution in [-0.2, 0) is 0 Å². The van der Waals surface area contributed by atoms with Crippen LogP contribution in [-0.4, -0.2) is 4.92 Å². The zero-order chi connectivity index (χ0) is 14.9. The molecular weight excluding hydrogens is 298 g/mol. The molecule has 0 bridgehead atoms. The van der Waals surface area contributed by atoms with Crippen molar-refractivity contribution in [3.05, 3.63) is 48.3 Å². The van der Waals surface area contributed by atoms with E-state index in [9.17, 15) is 20.6 Å². The minimum absolute atomic E-state index is 0.0649. The average Bonchev–Trinajstić information content (AvgIpc) is 2.87. The van der Waals surface area contributed by atoms with Crippen molar-refractivity contribution in [3.63, 3.8) is 0 Å². The van der Waals surface area contributed by atoms with E-state index in [0.29, 0.717) is 4.88 Å². The molecule has 0 saturated carbocycles. The van der Waals surface area contributed by atoms with Gasteiger partial charge in [0.1, 0.15) is 0 Å². The Morgan fingerprint density at radius 2 is 1.75 bits per heavy atom. The second-order valence-electron chi connectivity index (χ2n) is 3.75. The number of allylic oxidation sites excluding steroid dienone is 2. The zero-order valence-electron chi connectivity index (χ0n) is 9.86. The quantitative estimate of drug-likeness (QED) is 0.627. The molecule has 0 unspecified atom stereocenters. The van der Waals surface area contributed by atoms with Gasteiger partial charge in [-0.2, -0.15) is 10.5 Å². The fourth-order valence-electron chi connectivity index (χ4n) is 1.78. The van der Waals surface area contributed by atoms with Gasteiger partial charge in [-0.1, -0.05) is 23.1 Å². The van der Waals surface area contributed by atoms with Crippen LogP contribution in [0.15, 0.2) is 33.3 Å². The monoisotopic (exact) mass is 305 g/mol. The summed E-state index contributed by atoms with van der Waals surface area (Å²) >= 11 is 1.86. The number of rotatable bonds is 2. The van der Waals surface area contributed by atoms with Gasteiger partial charge in [-0.15, -0.1) is 0 Å². The summed E-state index contributed by atoms with van der Waals surface area (Å²) in [5, 5.41) is 29.5. The van der Waals surface area contributed by atoms with Gasteiger partial charge < -0.3 is 11.5 Å². The molecule has 0 atom stereocenters. The first-order valence-corrected chi connectivity index (χ1v) is 6.84. The van der Waals surface area contributed by atoms with Gasteiger partial charge in [0.25, 0.3) is 0 Å². The standard InChI is InChI=1S/C11H7N5O2S2/c12-3-5-9(6(4-13)11(15)20-10(5)14)7-1-2-8(19-7)16(17)18/h1-2,9H,14-15H2. The van der Waals surface area contributed by atoms with Gasteiger partial charge in [0.05, 0.1) is 44.2 Å². The highest BCUT2D eigenvalue weighted by atomic mass is 32.2. The number of thioether (sulfide) groups is 1. The molecule has 4 N–H and O–H groups in total. The highest BCUT2D eigenvalue weighted by Crippen LogP contribution is 2.45. The Kier molecular flexibility index (Phi) is 3.66. The molecule has 2 rings (SSSR count). The van der Waals surface area contributed by atoms with Gasteiger partial charge in [-0.3, -0.25) is 10.1 Å². The molecule has 1 aromatic heterocycles. The van der Waals surface area contributed by atoms with Gasteiger partial charge in [0.15, 0.2) is 0 Å². The molecule has 1 aliphatic heterocycles. The molecule has 0 aliphatic carbocycles. The number of hydrogen-bond donors (Lipinski definition) is 2. The van der Waals surface area contributed by atoms with Crippen molar-refractivity contribution >= 4 is 28.1 Å². The van der Waals surface area contributed by atoms with E-state index in [4.69, 9.17) is 11.5 Å². The third-order valence-corrected chi connectivity index (χ3v) is 4.63. The molecule has 20 heavy (non-hydrogen) atoms. The SMILES string of the molecule is N#CC1=C(N)SC(N)=C(C#N)C1c1ccc([N+](=O)[O-])s1. The van der Waals surface area contributed by atoms with Crippen LogP contribution in [0, 0.1) is 32.8 Å². The number of nitro groups is 1. The molecule has 0 fully saturated rings. The Bertz CT molecular complexity index is 699. The van der Waals surface area contributed by atoms with Crippen LogP contribution in [0.25, 0.3) is 0 Å². The highest BCUT2D eigenvalue weighted by Gasteiger charge is 2.33. The number of nitriles is 2. The predicted octanol–water partition coefficient (Wildman–Crippen LogP) is 1.87. The summed E-state index contributed by atoms with van der Waals surface area (Å²) in [6, 6.07) is 6.75. The molecular formula is C11H7N5O2S2. The van der Waals surface area contributed by atoms with E-state index in [2.05, 4.69) is 0 Å². The lowest BCUT2D eigenvalue weighted by molar-refractivity contribution is -0.380. The molecule has 7 nitrogen and oxygen atoms in total. The first kappa shape index (κ1) is 13.9. The Labute approximate surface area is 121 Å². The Balaban J connectivity index is 2.59. The Morgan fingerprint density at radius 3 is 2.15 bits per heavy atom. The number of hydrogen-bond acceptors (Lipinski definition) is 8. The van der Waals surface area contributed by atoms with Gasteiger partial charge in [-0.05, 0) is 6.07 Å². The summed E-state index contributed by atoms with van der Waals surface area (Å²) in [4.78, 5) is 10.7. The van der Waals surface area contributed by atoms with E-state index in [1.807, 2.05) is 12.1 Å². The van der Waals surface area contributed by atoms with Gasteiger partial charge >= 0.3 is 5.00 Å². The molecule has 0 radical (unpaired) electrons. The smallest absolute Gasteiger partial charge is 0.324 e. The third kappa shape index (κ3) is 2.20. The maximum absolute atomic E-state index is 10.7. The first-order valence-electron chi connectivity index (χ1n) is 5.21. The molecule has 0 spiro atoms. The lowest BCUT2D eigenvalue weighted by atomic mass is 9.91.